The average molecular weight is 447 g/mol. The molecule has 1 N–H and O–H groups in total. The van der Waals surface area contributed by atoms with Crippen LogP contribution in [0.15, 0.2) is 59.5 Å². The molecule has 0 aliphatic heterocycles. The second-order valence-electron chi connectivity index (χ2n) is 6.66. The maximum atomic E-state index is 12.7. The van der Waals surface area contributed by atoms with Gasteiger partial charge in [-0.25, -0.2) is 4.98 Å². The number of hydrogen-bond donors (Lipinski definition) is 1. The van der Waals surface area contributed by atoms with E-state index in [1.807, 2.05) is 30.5 Å². The fourth-order valence-corrected chi connectivity index (χ4v) is 3.09. The first-order chi connectivity index (χ1) is 14.7. The minimum absolute atomic E-state index is 0.168. The highest BCUT2D eigenvalue weighted by molar-refractivity contribution is 7.98. The van der Waals surface area contributed by atoms with Gasteiger partial charge in [0.1, 0.15) is 0 Å². The van der Waals surface area contributed by atoms with Crippen molar-refractivity contribution in [1.82, 2.24) is 15.3 Å². The molecule has 0 saturated carbocycles. The van der Waals surface area contributed by atoms with Gasteiger partial charge in [-0.2, -0.15) is 18.2 Å². The van der Waals surface area contributed by atoms with Crippen molar-refractivity contribution >= 4 is 17.7 Å². The number of amides is 1. The Morgan fingerprint density at radius 2 is 1.74 bits per heavy atom. The predicted octanol–water partition coefficient (Wildman–Crippen LogP) is 4.89. The summed E-state index contributed by atoms with van der Waals surface area (Å²) in [4.78, 5) is 21.7. The molecule has 3 rings (SSSR count). The molecule has 0 bridgehead atoms. The molecular weight excluding hydrogens is 427 g/mol. The van der Waals surface area contributed by atoms with Gasteiger partial charge in [0.2, 0.25) is 5.88 Å². The van der Waals surface area contributed by atoms with Crippen LogP contribution in [0, 0.1) is 6.92 Å². The van der Waals surface area contributed by atoms with Crippen molar-refractivity contribution in [2.45, 2.75) is 24.5 Å². The molecule has 1 aromatic heterocycles. The topological polar surface area (TPSA) is 64.1 Å². The number of thioether (sulfide) groups is 1. The van der Waals surface area contributed by atoms with Crippen molar-refractivity contribution in [3.8, 4) is 17.3 Å². The van der Waals surface area contributed by atoms with Gasteiger partial charge in [0.05, 0.1) is 5.56 Å². The molecule has 1 amide bonds. The van der Waals surface area contributed by atoms with Gasteiger partial charge in [-0.15, -0.1) is 11.8 Å². The summed E-state index contributed by atoms with van der Waals surface area (Å²) in [5.41, 5.74) is 1.20. The van der Waals surface area contributed by atoms with Crippen molar-refractivity contribution in [1.29, 1.82) is 0 Å². The number of ether oxygens (including phenoxy) is 1. The summed E-state index contributed by atoms with van der Waals surface area (Å²) in [6, 6.07) is 14.0. The Kier molecular flexibility index (Phi) is 7.17. The Morgan fingerprint density at radius 3 is 2.35 bits per heavy atom. The number of nitrogens with zero attached hydrogens (tertiary/aromatic N) is 2. The van der Waals surface area contributed by atoms with E-state index in [2.05, 4.69) is 15.3 Å². The van der Waals surface area contributed by atoms with Crippen LogP contribution in [-0.4, -0.2) is 28.7 Å². The molecule has 0 atom stereocenters. The molecular formula is C22H20F3N3O2S. The maximum absolute atomic E-state index is 12.7. The lowest BCUT2D eigenvalue weighted by molar-refractivity contribution is -0.137. The van der Waals surface area contributed by atoms with E-state index in [0.29, 0.717) is 17.8 Å². The second kappa shape index (κ2) is 9.82. The Labute approximate surface area is 182 Å². The Hall–Kier alpha value is -3.07. The number of aryl methyl sites for hydroxylation is 1. The highest BCUT2D eigenvalue weighted by Gasteiger charge is 2.30. The minimum Gasteiger partial charge on any atom is -0.467 e. The molecule has 0 unspecified atom stereocenters. The van der Waals surface area contributed by atoms with E-state index in [1.165, 1.54) is 12.1 Å². The summed E-state index contributed by atoms with van der Waals surface area (Å²) in [6.45, 7) is 1.84. The maximum Gasteiger partial charge on any atom is 0.416 e. The van der Waals surface area contributed by atoms with E-state index >= 15 is 0 Å². The van der Waals surface area contributed by atoms with Crippen molar-refractivity contribution in [2.24, 2.45) is 0 Å². The molecule has 0 radical (unpaired) electrons. The third-order valence-corrected chi connectivity index (χ3v) is 5.04. The molecule has 0 saturated heterocycles. The van der Waals surface area contributed by atoms with Crippen LogP contribution in [0.5, 0.6) is 5.88 Å². The summed E-state index contributed by atoms with van der Waals surface area (Å²) in [5, 5.41) is 2.77. The van der Waals surface area contributed by atoms with Crippen LogP contribution >= 0.6 is 11.8 Å². The van der Waals surface area contributed by atoms with Gasteiger partial charge in [-0.1, -0.05) is 24.3 Å². The first kappa shape index (κ1) is 22.6. The number of halogens is 3. The summed E-state index contributed by atoms with van der Waals surface area (Å²) >= 11 is 1.64. The third-order valence-electron chi connectivity index (χ3n) is 4.30. The van der Waals surface area contributed by atoms with Crippen LogP contribution in [0.1, 0.15) is 16.8 Å². The zero-order valence-electron chi connectivity index (χ0n) is 16.9. The smallest absolute Gasteiger partial charge is 0.416 e. The lowest BCUT2D eigenvalue weighted by atomic mass is 10.1. The second-order valence-corrected chi connectivity index (χ2v) is 7.54. The minimum atomic E-state index is -4.41. The molecule has 0 aliphatic carbocycles. The van der Waals surface area contributed by atoms with Gasteiger partial charge in [0.15, 0.2) is 12.4 Å². The van der Waals surface area contributed by atoms with Gasteiger partial charge in [-0.3, -0.25) is 4.79 Å². The molecule has 5 nitrogen and oxygen atoms in total. The zero-order chi connectivity index (χ0) is 22.4. The van der Waals surface area contributed by atoms with Crippen LogP contribution in [-0.2, 0) is 17.5 Å². The summed E-state index contributed by atoms with van der Waals surface area (Å²) < 4.78 is 43.7. The van der Waals surface area contributed by atoms with E-state index < -0.39 is 11.7 Å². The molecule has 3 aromatic rings. The SMILES string of the molecule is CSc1ccc(CNC(=O)COc2cc(C)nc(-c3ccc(C(F)(F)F)cc3)n2)cc1. The van der Waals surface area contributed by atoms with Gasteiger partial charge >= 0.3 is 6.18 Å². The standard InChI is InChI=1S/C22H20F3N3O2S/c1-14-11-20(28-21(27-14)16-5-7-17(8-6-16)22(23,24)25)30-13-19(29)26-12-15-3-9-18(31-2)10-4-15/h3-11H,12-13H2,1-2H3,(H,26,29). The molecule has 0 fully saturated rings. The van der Waals surface area contributed by atoms with E-state index in [0.717, 1.165) is 22.6 Å². The number of alkyl halides is 3. The van der Waals surface area contributed by atoms with Crippen molar-refractivity contribution < 1.29 is 22.7 Å². The summed E-state index contributed by atoms with van der Waals surface area (Å²) in [6.07, 6.45) is -2.42. The van der Waals surface area contributed by atoms with Gasteiger partial charge < -0.3 is 10.1 Å². The fraction of sp³-hybridized carbons (Fsp3) is 0.227. The molecule has 2 aromatic carbocycles. The van der Waals surface area contributed by atoms with Crippen LogP contribution < -0.4 is 10.1 Å². The number of rotatable bonds is 7. The van der Waals surface area contributed by atoms with Gasteiger partial charge in [0, 0.05) is 28.8 Å². The number of benzene rings is 2. The highest BCUT2D eigenvalue weighted by atomic mass is 32.2. The normalized spacial score (nSPS) is 11.3. The molecule has 162 valence electrons. The molecule has 0 aliphatic rings. The Balaban J connectivity index is 1.60. The average Bonchev–Trinajstić information content (AvgIpc) is 2.75. The fourth-order valence-electron chi connectivity index (χ4n) is 2.69. The Morgan fingerprint density at radius 1 is 1.06 bits per heavy atom. The monoisotopic (exact) mass is 447 g/mol. The summed E-state index contributed by atoms with van der Waals surface area (Å²) in [5.74, 6) is 0.0705. The molecule has 31 heavy (non-hydrogen) atoms. The zero-order valence-corrected chi connectivity index (χ0v) is 17.7. The van der Waals surface area contributed by atoms with Crippen LogP contribution in [0.2, 0.25) is 0 Å². The number of carbonyl (C=O) groups excluding carboxylic acids is 1. The van der Waals surface area contributed by atoms with Crippen molar-refractivity contribution in [3.63, 3.8) is 0 Å². The van der Waals surface area contributed by atoms with E-state index in [1.54, 1.807) is 24.8 Å². The van der Waals surface area contributed by atoms with E-state index in [-0.39, 0.29) is 24.2 Å². The molecule has 1 heterocycles. The van der Waals surface area contributed by atoms with Gasteiger partial charge in [0.25, 0.3) is 5.91 Å². The number of hydrogen-bond acceptors (Lipinski definition) is 5. The van der Waals surface area contributed by atoms with Crippen molar-refractivity contribution in [2.75, 3.05) is 12.9 Å². The number of nitrogens with one attached hydrogen (secondary N) is 1. The lowest BCUT2D eigenvalue weighted by Crippen LogP contribution is -2.28. The predicted molar refractivity (Wildman–Crippen MR) is 113 cm³/mol. The van der Waals surface area contributed by atoms with Crippen molar-refractivity contribution in [3.05, 3.63) is 71.4 Å². The first-order valence-corrected chi connectivity index (χ1v) is 10.5. The molecule has 0 spiro atoms. The Bertz CT molecular complexity index is 1040. The quantitative estimate of drug-likeness (QED) is 0.523. The van der Waals surface area contributed by atoms with Gasteiger partial charge in [-0.05, 0) is 43.0 Å². The largest absolute Gasteiger partial charge is 0.467 e. The lowest BCUT2D eigenvalue weighted by Gasteiger charge is -2.10. The van der Waals surface area contributed by atoms with E-state index in [9.17, 15) is 18.0 Å². The van der Waals surface area contributed by atoms with Crippen LogP contribution in [0.25, 0.3) is 11.4 Å². The molecule has 9 heteroatoms. The van der Waals surface area contributed by atoms with Crippen LogP contribution in [0.4, 0.5) is 13.2 Å². The van der Waals surface area contributed by atoms with E-state index in [4.69, 9.17) is 4.74 Å². The highest BCUT2D eigenvalue weighted by Crippen LogP contribution is 2.30. The van der Waals surface area contributed by atoms with Crippen LogP contribution in [0.3, 0.4) is 0 Å². The third kappa shape index (κ3) is 6.45. The number of carbonyl (C=O) groups is 1. The summed E-state index contributed by atoms with van der Waals surface area (Å²) in [7, 11) is 0. The number of aromatic nitrogens is 2. The first-order valence-electron chi connectivity index (χ1n) is 9.30.